The molecule has 3 N–H and O–H groups in total. The molecule has 1 unspecified atom stereocenters. The van der Waals surface area contributed by atoms with Crippen LogP contribution < -0.4 is 11.1 Å². The lowest BCUT2D eigenvalue weighted by Gasteiger charge is -2.39. The standard InChI is InChI=1S/C20H23ClN4O2S2/c1-12-7-13(10-23-9-12)24-18(26)16-8-14(21)17(28-16)15-11-29(27)20(19(22)25-15)5-3-2-4-6-20/h7-10,15H,2-6,11H2,1H3,(H2,22,25)(H,24,26)/t15-,29?/m0/s1. The number of nitrogens with one attached hydrogen (secondary N) is 1. The van der Waals surface area contributed by atoms with Gasteiger partial charge in [0.1, 0.15) is 10.6 Å². The van der Waals surface area contributed by atoms with Gasteiger partial charge in [-0.3, -0.25) is 19.0 Å². The number of aryl methyl sites for hydroxylation is 1. The second kappa shape index (κ2) is 8.16. The fourth-order valence-corrected chi connectivity index (χ4v) is 7.41. The molecule has 2 aromatic heterocycles. The molecule has 1 aliphatic heterocycles. The minimum Gasteiger partial charge on any atom is -0.386 e. The van der Waals surface area contributed by atoms with Crippen molar-refractivity contribution < 1.29 is 9.00 Å². The summed E-state index contributed by atoms with van der Waals surface area (Å²) >= 11 is 7.71. The first-order chi connectivity index (χ1) is 13.9. The monoisotopic (exact) mass is 450 g/mol. The number of hydrogen-bond donors (Lipinski definition) is 2. The van der Waals surface area contributed by atoms with E-state index in [2.05, 4.69) is 10.3 Å². The molecule has 0 bridgehead atoms. The molecule has 0 radical (unpaired) electrons. The van der Waals surface area contributed by atoms with E-state index in [1.54, 1.807) is 18.5 Å². The van der Waals surface area contributed by atoms with Crippen molar-refractivity contribution in [2.24, 2.45) is 10.7 Å². The number of nitrogens with zero attached hydrogens (tertiary/aromatic N) is 2. The molecule has 154 valence electrons. The summed E-state index contributed by atoms with van der Waals surface area (Å²) in [5, 5.41) is 3.30. The Morgan fingerprint density at radius 3 is 2.76 bits per heavy atom. The third kappa shape index (κ3) is 3.98. The number of pyridine rings is 1. The molecular weight excluding hydrogens is 428 g/mol. The van der Waals surface area contributed by atoms with E-state index < -0.39 is 15.5 Å². The number of amides is 1. The first-order valence-electron chi connectivity index (χ1n) is 9.63. The Kier molecular flexibility index (Phi) is 5.77. The number of amidine groups is 1. The molecule has 1 amide bonds. The van der Waals surface area contributed by atoms with Crippen LogP contribution in [0.25, 0.3) is 0 Å². The zero-order valence-electron chi connectivity index (χ0n) is 16.1. The number of carbonyl (C=O) groups is 1. The summed E-state index contributed by atoms with van der Waals surface area (Å²) < 4.78 is 12.6. The van der Waals surface area contributed by atoms with Crippen molar-refractivity contribution in [2.75, 3.05) is 11.1 Å². The van der Waals surface area contributed by atoms with Gasteiger partial charge in [-0.1, -0.05) is 30.9 Å². The van der Waals surface area contributed by atoms with Gasteiger partial charge < -0.3 is 11.1 Å². The number of aromatic nitrogens is 1. The minimum absolute atomic E-state index is 0.256. The molecule has 0 saturated heterocycles. The Labute approximate surface area is 181 Å². The highest BCUT2D eigenvalue weighted by Gasteiger charge is 2.46. The van der Waals surface area contributed by atoms with Gasteiger partial charge in [0.25, 0.3) is 5.91 Å². The molecular formula is C20H23ClN4O2S2. The second-order valence-electron chi connectivity index (χ2n) is 7.63. The van der Waals surface area contributed by atoms with Crippen molar-refractivity contribution in [3.8, 4) is 0 Å². The topological polar surface area (TPSA) is 97.4 Å². The normalized spacial score (nSPS) is 23.6. The van der Waals surface area contributed by atoms with E-state index in [9.17, 15) is 9.00 Å². The number of thiophene rings is 1. The lowest BCUT2D eigenvalue weighted by atomic mass is 9.87. The highest BCUT2D eigenvalue weighted by Crippen LogP contribution is 2.42. The molecule has 1 spiro atoms. The molecule has 4 rings (SSSR count). The number of anilines is 1. The lowest BCUT2D eigenvalue weighted by molar-refractivity contribution is 0.103. The smallest absolute Gasteiger partial charge is 0.265 e. The summed E-state index contributed by atoms with van der Waals surface area (Å²) in [7, 11) is -1.11. The number of nitrogens with two attached hydrogens (primary N) is 1. The van der Waals surface area contributed by atoms with Gasteiger partial charge in [0, 0.05) is 21.9 Å². The van der Waals surface area contributed by atoms with Crippen LogP contribution in [0.15, 0.2) is 29.5 Å². The highest BCUT2D eigenvalue weighted by molar-refractivity contribution is 7.87. The number of halogens is 1. The Morgan fingerprint density at radius 1 is 1.31 bits per heavy atom. The zero-order chi connectivity index (χ0) is 20.6. The van der Waals surface area contributed by atoms with Crippen molar-refractivity contribution in [2.45, 2.75) is 49.8 Å². The molecule has 2 aromatic rings. The van der Waals surface area contributed by atoms with Crippen molar-refractivity contribution in [3.63, 3.8) is 0 Å². The maximum absolute atomic E-state index is 13.1. The molecule has 1 aliphatic carbocycles. The van der Waals surface area contributed by atoms with Gasteiger partial charge in [-0.2, -0.15) is 0 Å². The second-order valence-corrected chi connectivity index (χ2v) is 10.9. The largest absolute Gasteiger partial charge is 0.386 e. The van der Waals surface area contributed by atoms with E-state index in [1.807, 2.05) is 13.0 Å². The molecule has 1 fully saturated rings. The third-order valence-corrected chi connectivity index (χ3v) is 9.31. The van der Waals surface area contributed by atoms with Crippen LogP contribution in [0.3, 0.4) is 0 Å². The van der Waals surface area contributed by atoms with Crippen LogP contribution in [0, 0.1) is 6.92 Å². The van der Waals surface area contributed by atoms with Crippen LogP contribution in [0.2, 0.25) is 5.02 Å². The summed E-state index contributed by atoms with van der Waals surface area (Å²) in [6.07, 6.45) is 8.20. The van der Waals surface area contributed by atoms with Crippen LogP contribution in [-0.4, -0.2) is 31.4 Å². The molecule has 0 aromatic carbocycles. The van der Waals surface area contributed by atoms with Gasteiger partial charge >= 0.3 is 0 Å². The first-order valence-corrected chi connectivity index (χ1v) is 12.1. The number of rotatable bonds is 3. The van der Waals surface area contributed by atoms with Crippen LogP contribution in [0.4, 0.5) is 5.69 Å². The first kappa shape index (κ1) is 20.5. The zero-order valence-corrected chi connectivity index (χ0v) is 18.5. The average Bonchev–Trinajstić information content (AvgIpc) is 3.09. The van der Waals surface area contributed by atoms with E-state index in [-0.39, 0.29) is 11.9 Å². The fraction of sp³-hybridized carbons (Fsp3) is 0.450. The van der Waals surface area contributed by atoms with Crippen molar-refractivity contribution >= 4 is 51.2 Å². The van der Waals surface area contributed by atoms with Gasteiger partial charge in [-0.05, 0) is 37.5 Å². The van der Waals surface area contributed by atoms with Crippen molar-refractivity contribution in [1.29, 1.82) is 0 Å². The van der Waals surface area contributed by atoms with Crippen molar-refractivity contribution in [1.82, 2.24) is 4.98 Å². The predicted octanol–water partition coefficient (Wildman–Crippen LogP) is 4.22. The maximum Gasteiger partial charge on any atom is 0.265 e. The Bertz CT molecular complexity index is 998. The summed E-state index contributed by atoms with van der Waals surface area (Å²) in [4.78, 5) is 22.6. The van der Waals surface area contributed by atoms with Gasteiger partial charge in [-0.15, -0.1) is 11.3 Å². The number of hydrogen-bond acceptors (Lipinski definition) is 6. The summed E-state index contributed by atoms with van der Waals surface area (Å²) in [6, 6.07) is 3.11. The van der Waals surface area contributed by atoms with Gasteiger partial charge in [0.15, 0.2) is 0 Å². The quantitative estimate of drug-likeness (QED) is 0.731. The summed E-state index contributed by atoms with van der Waals surface area (Å²) in [5.41, 5.74) is 7.91. The highest BCUT2D eigenvalue weighted by atomic mass is 35.5. The molecule has 29 heavy (non-hydrogen) atoms. The SMILES string of the molecule is Cc1cncc(NC(=O)c2cc(Cl)c([C@@H]3CS(=O)C4(CCCCC4)C(N)=N3)s2)c1. The average molecular weight is 451 g/mol. The Hall–Kier alpha value is -1.77. The van der Waals surface area contributed by atoms with E-state index >= 15 is 0 Å². The van der Waals surface area contributed by atoms with Gasteiger partial charge in [0.05, 0.1) is 33.6 Å². The Balaban J connectivity index is 1.56. The molecule has 6 nitrogen and oxygen atoms in total. The number of aliphatic imine (C=N–C) groups is 1. The van der Waals surface area contributed by atoms with Gasteiger partial charge in [-0.25, -0.2) is 0 Å². The number of carbonyl (C=O) groups excluding carboxylic acids is 1. The van der Waals surface area contributed by atoms with Crippen LogP contribution in [0.5, 0.6) is 0 Å². The van der Waals surface area contributed by atoms with E-state index in [0.717, 1.165) is 42.5 Å². The molecule has 3 heterocycles. The van der Waals surface area contributed by atoms with E-state index in [1.165, 1.54) is 11.3 Å². The van der Waals surface area contributed by atoms with E-state index in [0.29, 0.717) is 27.2 Å². The minimum atomic E-state index is -1.11. The molecule has 1 saturated carbocycles. The van der Waals surface area contributed by atoms with Crippen LogP contribution >= 0.6 is 22.9 Å². The van der Waals surface area contributed by atoms with Crippen LogP contribution in [0.1, 0.15) is 58.3 Å². The predicted molar refractivity (Wildman–Crippen MR) is 119 cm³/mol. The van der Waals surface area contributed by atoms with Crippen molar-refractivity contribution in [3.05, 3.63) is 44.9 Å². The summed E-state index contributed by atoms with van der Waals surface area (Å²) in [5.74, 6) is 0.616. The third-order valence-electron chi connectivity index (χ3n) is 5.54. The maximum atomic E-state index is 13.1. The van der Waals surface area contributed by atoms with Gasteiger partial charge in [0.2, 0.25) is 0 Å². The van der Waals surface area contributed by atoms with Crippen LogP contribution in [-0.2, 0) is 10.8 Å². The fourth-order valence-electron chi connectivity index (χ4n) is 4.02. The van der Waals surface area contributed by atoms with E-state index in [4.69, 9.17) is 22.3 Å². The lowest BCUT2D eigenvalue weighted by Crippen LogP contribution is -2.53. The molecule has 2 atom stereocenters. The summed E-state index contributed by atoms with van der Waals surface area (Å²) in [6.45, 7) is 1.91. The molecule has 2 aliphatic rings. The Morgan fingerprint density at radius 2 is 2.07 bits per heavy atom. The molecule has 9 heteroatoms.